The van der Waals surface area contributed by atoms with Crippen molar-refractivity contribution in [1.29, 1.82) is 0 Å². The Labute approximate surface area is 111 Å². The third-order valence-corrected chi connectivity index (χ3v) is 4.34. The largest absolute Gasteiger partial charge is 0.396 e. The van der Waals surface area contributed by atoms with Crippen molar-refractivity contribution >= 4 is 17.4 Å². The average Bonchev–Trinajstić information content (AvgIpc) is 2.90. The van der Waals surface area contributed by atoms with Gasteiger partial charge >= 0.3 is 6.03 Å². The predicted molar refractivity (Wildman–Crippen MR) is 72.5 cm³/mol. The first-order valence-corrected chi connectivity index (χ1v) is 7.35. The molecule has 2 atom stereocenters. The van der Waals surface area contributed by atoms with E-state index < -0.39 is 0 Å². The zero-order chi connectivity index (χ0) is 12.8. The van der Waals surface area contributed by atoms with E-state index in [1.165, 1.54) is 0 Å². The van der Waals surface area contributed by atoms with Gasteiger partial charge in [-0.25, -0.2) is 4.79 Å². The van der Waals surface area contributed by atoms with Gasteiger partial charge in [0.15, 0.2) is 0 Å². The summed E-state index contributed by atoms with van der Waals surface area (Å²) in [5.41, 5.74) is 0. The summed E-state index contributed by atoms with van der Waals surface area (Å²) in [5, 5.41) is 17.1. The maximum Gasteiger partial charge on any atom is 0.315 e. The number of urea groups is 1. The van der Waals surface area contributed by atoms with Crippen LogP contribution in [0, 0.1) is 5.92 Å². The maximum absolute atomic E-state index is 11.8. The molecule has 0 aromatic carbocycles. The van der Waals surface area contributed by atoms with Crippen LogP contribution in [-0.4, -0.2) is 23.8 Å². The van der Waals surface area contributed by atoms with Crippen LogP contribution < -0.4 is 10.6 Å². The number of amides is 2. The van der Waals surface area contributed by atoms with Gasteiger partial charge in [0, 0.05) is 23.4 Å². The number of thiophene rings is 1. The third kappa shape index (κ3) is 3.71. The van der Waals surface area contributed by atoms with Crippen molar-refractivity contribution in [3.05, 3.63) is 22.4 Å². The van der Waals surface area contributed by atoms with Crippen molar-refractivity contribution in [3.8, 4) is 0 Å². The molecule has 1 aliphatic rings. The van der Waals surface area contributed by atoms with E-state index in [2.05, 4.69) is 10.6 Å². The Bertz CT molecular complexity index is 367. The number of aliphatic hydroxyl groups excluding tert-OH is 1. The second-order valence-electron chi connectivity index (χ2n) is 4.74. The molecule has 1 fully saturated rings. The lowest BCUT2D eigenvalue weighted by molar-refractivity contribution is 0.153. The highest BCUT2D eigenvalue weighted by Gasteiger charge is 2.25. The molecule has 0 saturated heterocycles. The van der Waals surface area contributed by atoms with Crippen molar-refractivity contribution < 1.29 is 9.90 Å². The monoisotopic (exact) mass is 268 g/mol. The van der Waals surface area contributed by atoms with Gasteiger partial charge in [0.2, 0.25) is 0 Å². The second kappa shape index (κ2) is 6.75. The molecule has 3 N–H and O–H groups in total. The van der Waals surface area contributed by atoms with Crippen LogP contribution in [0.4, 0.5) is 4.79 Å². The molecular formula is C13H20N2O2S. The van der Waals surface area contributed by atoms with Crippen LogP contribution in [0.5, 0.6) is 0 Å². The third-order valence-electron chi connectivity index (χ3n) is 3.46. The standard InChI is InChI=1S/C13H20N2O2S/c16-9-10-4-1-2-6-12(10)15-13(17)14-8-11-5-3-7-18-11/h3,5,7,10,12,16H,1-2,4,6,8-9H2,(H2,14,15,17). The summed E-state index contributed by atoms with van der Waals surface area (Å²) >= 11 is 1.63. The number of hydrogen-bond acceptors (Lipinski definition) is 3. The predicted octanol–water partition coefficient (Wildman–Crippen LogP) is 2.10. The van der Waals surface area contributed by atoms with Crippen molar-refractivity contribution in [3.63, 3.8) is 0 Å². The molecule has 0 aliphatic heterocycles. The van der Waals surface area contributed by atoms with Crippen molar-refractivity contribution in [2.24, 2.45) is 5.92 Å². The maximum atomic E-state index is 11.8. The summed E-state index contributed by atoms with van der Waals surface area (Å²) < 4.78 is 0. The van der Waals surface area contributed by atoms with Crippen molar-refractivity contribution in [2.45, 2.75) is 38.3 Å². The van der Waals surface area contributed by atoms with E-state index in [1.807, 2.05) is 17.5 Å². The Balaban J connectivity index is 1.75. The molecule has 5 heteroatoms. The minimum Gasteiger partial charge on any atom is -0.396 e. The molecule has 1 heterocycles. The van der Waals surface area contributed by atoms with E-state index in [0.717, 1.165) is 30.6 Å². The number of rotatable bonds is 4. The molecular weight excluding hydrogens is 248 g/mol. The van der Waals surface area contributed by atoms with Gasteiger partial charge in [-0.1, -0.05) is 18.9 Å². The van der Waals surface area contributed by atoms with Crippen LogP contribution in [0.15, 0.2) is 17.5 Å². The molecule has 1 saturated carbocycles. The first-order valence-electron chi connectivity index (χ1n) is 6.47. The number of aliphatic hydroxyl groups is 1. The SMILES string of the molecule is O=C(NCc1cccs1)NC1CCCCC1CO. The summed E-state index contributed by atoms with van der Waals surface area (Å²) in [6.07, 6.45) is 4.26. The first-order chi connectivity index (χ1) is 8.79. The highest BCUT2D eigenvalue weighted by atomic mass is 32.1. The summed E-state index contributed by atoms with van der Waals surface area (Å²) in [4.78, 5) is 12.9. The summed E-state index contributed by atoms with van der Waals surface area (Å²) in [6, 6.07) is 3.96. The fourth-order valence-corrected chi connectivity index (χ4v) is 3.06. The van der Waals surface area contributed by atoms with E-state index in [1.54, 1.807) is 11.3 Å². The Hall–Kier alpha value is -1.07. The molecule has 1 aromatic heterocycles. The van der Waals surface area contributed by atoms with E-state index in [-0.39, 0.29) is 24.6 Å². The highest BCUT2D eigenvalue weighted by molar-refractivity contribution is 7.09. The molecule has 1 aliphatic carbocycles. The lowest BCUT2D eigenvalue weighted by Crippen LogP contribution is -2.47. The Morgan fingerprint density at radius 3 is 3.00 bits per heavy atom. The minimum atomic E-state index is -0.131. The molecule has 2 amide bonds. The zero-order valence-corrected chi connectivity index (χ0v) is 11.2. The number of carbonyl (C=O) groups is 1. The summed E-state index contributed by atoms with van der Waals surface area (Å²) in [6.45, 7) is 0.732. The summed E-state index contributed by atoms with van der Waals surface area (Å²) in [5.74, 6) is 0.214. The quantitative estimate of drug-likeness (QED) is 0.783. The van der Waals surface area contributed by atoms with Crippen molar-refractivity contribution in [1.82, 2.24) is 10.6 Å². The molecule has 1 aromatic rings. The first kappa shape index (κ1) is 13.4. The van der Waals surface area contributed by atoms with Gasteiger partial charge in [0.05, 0.1) is 6.54 Å². The topological polar surface area (TPSA) is 61.4 Å². The Morgan fingerprint density at radius 2 is 2.28 bits per heavy atom. The fourth-order valence-electron chi connectivity index (χ4n) is 2.42. The van der Waals surface area contributed by atoms with Crippen LogP contribution in [0.25, 0.3) is 0 Å². The van der Waals surface area contributed by atoms with Gasteiger partial charge < -0.3 is 15.7 Å². The smallest absolute Gasteiger partial charge is 0.315 e. The molecule has 0 spiro atoms. The van der Waals surface area contributed by atoms with E-state index in [9.17, 15) is 9.90 Å². The van der Waals surface area contributed by atoms with Gasteiger partial charge in [-0.05, 0) is 24.3 Å². The van der Waals surface area contributed by atoms with Gasteiger partial charge in [-0.15, -0.1) is 11.3 Å². The number of hydrogen-bond donors (Lipinski definition) is 3. The van der Waals surface area contributed by atoms with Crippen molar-refractivity contribution in [2.75, 3.05) is 6.61 Å². The van der Waals surface area contributed by atoms with Gasteiger partial charge in [-0.2, -0.15) is 0 Å². The van der Waals surface area contributed by atoms with Crippen LogP contribution in [0.1, 0.15) is 30.6 Å². The van der Waals surface area contributed by atoms with E-state index in [0.29, 0.717) is 6.54 Å². The van der Waals surface area contributed by atoms with Crippen LogP contribution in [-0.2, 0) is 6.54 Å². The molecule has 18 heavy (non-hydrogen) atoms. The van der Waals surface area contributed by atoms with Crippen LogP contribution in [0.2, 0.25) is 0 Å². The lowest BCUT2D eigenvalue weighted by Gasteiger charge is -2.30. The number of nitrogens with one attached hydrogen (secondary N) is 2. The van der Waals surface area contributed by atoms with E-state index >= 15 is 0 Å². The summed E-state index contributed by atoms with van der Waals surface area (Å²) in [7, 11) is 0. The van der Waals surface area contributed by atoms with Gasteiger partial charge in [0.1, 0.15) is 0 Å². The minimum absolute atomic E-state index is 0.118. The zero-order valence-electron chi connectivity index (χ0n) is 10.4. The Morgan fingerprint density at radius 1 is 1.44 bits per heavy atom. The normalized spacial score (nSPS) is 23.6. The lowest BCUT2D eigenvalue weighted by atomic mass is 9.85. The molecule has 2 unspecified atom stereocenters. The second-order valence-corrected chi connectivity index (χ2v) is 5.77. The van der Waals surface area contributed by atoms with Crippen LogP contribution >= 0.6 is 11.3 Å². The highest BCUT2D eigenvalue weighted by Crippen LogP contribution is 2.23. The molecule has 100 valence electrons. The number of carbonyl (C=O) groups excluding carboxylic acids is 1. The molecule has 4 nitrogen and oxygen atoms in total. The van der Waals surface area contributed by atoms with Crippen LogP contribution in [0.3, 0.4) is 0 Å². The van der Waals surface area contributed by atoms with Gasteiger partial charge in [0.25, 0.3) is 0 Å². The fraction of sp³-hybridized carbons (Fsp3) is 0.615. The average molecular weight is 268 g/mol. The molecule has 2 rings (SSSR count). The molecule has 0 bridgehead atoms. The molecule has 0 radical (unpaired) electrons. The van der Waals surface area contributed by atoms with Gasteiger partial charge in [-0.3, -0.25) is 0 Å². The Kier molecular flexibility index (Phi) is 5.01. The van der Waals surface area contributed by atoms with E-state index in [4.69, 9.17) is 0 Å².